The van der Waals surface area contributed by atoms with Crippen molar-refractivity contribution >= 4 is 23.4 Å². The number of pyridine rings is 1. The number of halogens is 1. The number of ether oxygens (including phenoxy) is 1. The molecule has 0 radical (unpaired) electrons. The number of nitrogens with two attached hydrogens (primary N) is 1. The van der Waals surface area contributed by atoms with E-state index >= 15 is 0 Å². The van der Waals surface area contributed by atoms with Crippen molar-refractivity contribution in [2.45, 2.75) is 0 Å². The second-order valence-corrected chi connectivity index (χ2v) is 3.88. The number of nitrogens with one attached hydrogen (secondary N) is 2. The lowest BCUT2D eigenvalue weighted by molar-refractivity contribution is -0.125. The van der Waals surface area contributed by atoms with E-state index in [9.17, 15) is 9.59 Å². The molecule has 8 heteroatoms. The average Bonchev–Trinajstić information content (AvgIpc) is 2.42. The molecule has 0 saturated carbocycles. The van der Waals surface area contributed by atoms with Gasteiger partial charge in [0.1, 0.15) is 11.6 Å². The van der Waals surface area contributed by atoms with Crippen molar-refractivity contribution in [1.29, 1.82) is 0 Å². The van der Waals surface area contributed by atoms with Crippen LogP contribution in [0.1, 0.15) is 0 Å². The zero-order valence-corrected chi connectivity index (χ0v) is 10.9. The van der Waals surface area contributed by atoms with Gasteiger partial charge in [-0.05, 0) is 12.1 Å². The van der Waals surface area contributed by atoms with Gasteiger partial charge in [-0.15, -0.1) is 0 Å². The maximum atomic E-state index is 11.3. The lowest BCUT2D eigenvalue weighted by Crippen LogP contribution is -2.40. The molecule has 7 nitrogen and oxygen atoms in total. The van der Waals surface area contributed by atoms with Crippen molar-refractivity contribution in [2.75, 3.05) is 26.2 Å². The van der Waals surface area contributed by atoms with Crippen molar-refractivity contribution < 1.29 is 14.3 Å². The van der Waals surface area contributed by atoms with Crippen molar-refractivity contribution in [3.63, 3.8) is 0 Å². The summed E-state index contributed by atoms with van der Waals surface area (Å²) in [4.78, 5) is 26.0. The molecule has 0 aliphatic carbocycles. The predicted molar refractivity (Wildman–Crippen MR) is 69.8 cm³/mol. The summed E-state index contributed by atoms with van der Waals surface area (Å²) in [6.45, 7) is 0.256. The molecule has 0 bridgehead atoms. The third-order valence-electron chi connectivity index (χ3n) is 2.02. The van der Waals surface area contributed by atoms with Crippen LogP contribution in [0.2, 0.25) is 5.02 Å². The minimum Gasteiger partial charge on any atom is -0.475 e. The number of nitrogens with zero attached hydrogens (tertiary/aromatic N) is 1. The number of rotatable bonds is 7. The third-order valence-corrected chi connectivity index (χ3v) is 2.31. The largest absolute Gasteiger partial charge is 0.475 e. The molecule has 0 atom stereocenters. The SMILES string of the molecule is NCC(=O)NCC(=O)NCCOc1ncccc1Cl. The van der Waals surface area contributed by atoms with E-state index in [0.29, 0.717) is 10.9 Å². The topological polar surface area (TPSA) is 106 Å². The normalized spacial score (nSPS) is 9.79. The molecule has 1 heterocycles. The summed E-state index contributed by atoms with van der Waals surface area (Å²) < 4.78 is 5.27. The predicted octanol–water partition coefficient (Wildman–Crippen LogP) is -0.695. The highest BCUT2D eigenvalue weighted by Gasteiger charge is 2.04. The number of carbonyl (C=O) groups excluding carboxylic acids is 2. The fraction of sp³-hybridized carbons (Fsp3) is 0.364. The molecule has 0 aromatic carbocycles. The van der Waals surface area contributed by atoms with Crippen LogP contribution in [0.15, 0.2) is 18.3 Å². The lowest BCUT2D eigenvalue weighted by Gasteiger charge is -2.08. The summed E-state index contributed by atoms with van der Waals surface area (Å²) in [5.41, 5.74) is 5.08. The first-order chi connectivity index (χ1) is 9.13. The van der Waals surface area contributed by atoms with Gasteiger partial charge in [0.25, 0.3) is 0 Å². The molecule has 2 amide bonds. The van der Waals surface area contributed by atoms with E-state index in [4.69, 9.17) is 22.1 Å². The number of amides is 2. The van der Waals surface area contributed by atoms with Crippen LogP contribution in [-0.2, 0) is 9.59 Å². The standard InChI is InChI=1S/C11H15ClN4O3/c12-8-2-1-3-15-11(8)19-5-4-14-10(18)7-16-9(17)6-13/h1-3H,4-7,13H2,(H,14,18)(H,16,17). The van der Waals surface area contributed by atoms with Crippen molar-refractivity contribution in [2.24, 2.45) is 5.73 Å². The molecule has 0 spiro atoms. The zero-order chi connectivity index (χ0) is 14.1. The molecule has 1 aromatic rings. The van der Waals surface area contributed by atoms with E-state index in [0.717, 1.165) is 0 Å². The van der Waals surface area contributed by atoms with Gasteiger partial charge in [0.05, 0.1) is 19.6 Å². The number of carbonyl (C=O) groups is 2. The van der Waals surface area contributed by atoms with Crippen LogP contribution in [0, 0.1) is 0 Å². The fourth-order valence-corrected chi connectivity index (χ4v) is 1.31. The van der Waals surface area contributed by atoms with Gasteiger partial charge in [0.15, 0.2) is 0 Å². The monoisotopic (exact) mass is 286 g/mol. The Morgan fingerprint density at radius 1 is 1.37 bits per heavy atom. The molecule has 0 fully saturated rings. The van der Waals surface area contributed by atoms with Crippen molar-refractivity contribution in [1.82, 2.24) is 15.6 Å². The fourth-order valence-electron chi connectivity index (χ4n) is 1.13. The first kappa shape index (κ1) is 15.2. The van der Waals surface area contributed by atoms with Gasteiger partial charge < -0.3 is 21.1 Å². The van der Waals surface area contributed by atoms with Gasteiger partial charge in [-0.2, -0.15) is 0 Å². The van der Waals surface area contributed by atoms with Gasteiger partial charge in [-0.1, -0.05) is 11.6 Å². The summed E-state index contributed by atoms with van der Waals surface area (Å²) in [5.74, 6) is -0.390. The second-order valence-electron chi connectivity index (χ2n) is 3.47. The van der Waals surface area contributed by atoms with Gasteiger partial charge in [-0.25, -0.2) is 4.98 Å². The summed E-state index contributed by atoms with van der Waals surface area (Å²) in [5, 5.41) is 5.32. The first-order valence-electron chi connectivity index (χ1n) is 5.60. The number of hydrogen-bond acceptors (Lipinski definition) is 5. The summed E-state index contributed by atoms with van der Waals surface area (Å²) in [6.07, 6.45) is 1.56. The molecule has 0 aliphatic rings. The van der Waals surface area contributed by atoms with Crippen LogP contribution >= 0.6 is 11.6 Å². The Kier molecular flexibility index (Phi) is 6.62. The molecule has 104 valence electrons. The van der Waals surface area contributed by atoms with E-state index in [-0.39, 0.29) is 38.1 Å². The van der Waals surface area contributed by atoms with Crippen LogP contribution < -0.4 is 21.1 Å². The van der Waals surface area contributed by atoms with Crippen molar-refractivity contribution in [3.05, 3.63) is 23.4 Å². The minimum atomic E-state index is -0.383. The maximum absolute atomic E-state index is 11.3. The number of hydrogen-bond donors (Lipinski definition) is 3. The smallest absolute Gasteiger partial charge is 0.239 e. The van der Waals surface area contributed by atoms with E-state index < -0.39 is 0 Å². The quantitative estimate of drug-likeness (QED) is 0.575. The molecule has 0 unspecified atom stereocenters. The van der Waals surface area contributed by atoms with Gasteiger partial charge in [0, 0.05) is 6.20 Å². The highest BCUT2D eigenvalue weighted by atomic mass is 35.5. The van der Waals surface area contributed by atoms with Crippen LogP contribution in [0.25, 0.3) is 0 Å². The maximum Gasteiger partial charge on any atom is 0.239 e. The van der Waals surface area contributed by atoms with Crippen LogP contribution in [0.5, 0.6) is 5.88 Å². The van der Waals surface area contributed by atoms with Gasteiger partial charge >= 0.3 is 0 Å². The Morgan fingerprint density at radius 2 is 2.16 bits per heavy atom. The van der Waals surface area contributed by atoms with Crippen LogP contribution in [0.3, 0.4) is 0 Å². The molecule has 0 aliphatic heterocycles. The third kappa shape index (κ3) is 6.03. The lowest BCUT2D eigenvalue weighted by atomic mass is 10.5. The molecule has 0 saturated heterocycles. The molecule has 1 aromatic heterocycles. The van der Waals surface area contributed by atoms with Gasteiger partial charge in [-0.3, -0.25) is 9.59 Å². The molecule has 19 heavy (non-hydrogen) atoms. The highest BCUT2D eigenvalue weighted by molar-refractivity contribution is 6.31. The second kappa shape index (κ2) is 8.28. The number of aromatic nitrogens is 1. The minimum absolute atomic E-state index is 0.111. The summed E-state index contributed by atoms with van der Waals surface area (Å²) in [7, 11) is 0. The Hall–Kier alpha value is -1.86. The Morgan fingerprint density at radius 3 is 2.84 bits per heavy atom. The van der Waals surface area contributed by atoms with Crippen LogP contribution in [-0.4, -0.2) is 43.0 Å². The Balaban J connectivity index is 2.15. The molecule has 4 N–H and O–H groups in total. The highest BCUT2D eigenvalue weighted by Crippen LogP contribution is 2.19. The summed E-state index contributed by atoms with van der Waals surface area (Å²) in [6, 6.07) is 3.35. The molecular formula is C11H15ClN4O3. The van der Waals surface area contributed by atoms with Gasteiger partial charge in [0.2, 0.25) is 17.7 Å². The first-order valence-corrected chi connectivity index (χ1v) is 5.98. The average molecular weight is 287 g/mol. The van der Waals surface area contributed by atoms with Crippen LogP contribution in [0.4, 0.5) is 0 Å². The summed E-state index contributed by atoms with van der Waals surface area (Å²) >= 11 is 5.83. The van der Waals surface area contributed by atoms with E-state index in [1.54, 1.807) is 18.3 Å². The van der Waals surface area contributed by atoms with E-state index in [2.05, 4.69) is 15.6 Å². The molecule has 1 rings (SSSR count). The zero-order valence-electron chi connectivity index (χ0n) is 10.2. The Labute approximate surface area is 115 Å². The van der Waals surface area contributed by atoms with E-state index in [1.165, 1.54) is 0 Å². The van der Waals surface area contributed by atoms with Crippen molar-refractivity contribution in [3.8, 4) is 5.88 Å². The van der Waals surface area contributed by atoms with E-state index in [1.807, 2.05) is 0 Å². The molecular weight excluding hydrogens is 272 g/mol. The Bertz CT molecular complexity index is 442.